The highest BCUT2D eigenvalue weighted by molar-refractivity contribution is 7.99. The van der Waals surface area contributed by atoms with Gasteiger partial charge in [0.15, 0.2) is 5.16 Å². The Morgan fingerprint density at radius 1 is 1.24 bits per heavy atom. The summed E-state index contributed by atoms with van der Waals surface area (Å²) in [6.07, 6.45) is 0. The second-order valence-corrected chi connectivity index (χ2v) is 10.2. The van der Waals surface area contributed by atoms with Gasteiger partial charge in [0.05, 0.1) is 34.2 Å². The first-order valence-electron chi connectivity index (χ1n) is 10.1. The van der Waals surface area contributed by atoms with Crippen LogP contribution in [-0.4, -0.2) is 50.4 Å². The third-order valence-corrected chi connectivity index (χ3v) is 7.50. The third kappa shape index (κ3) is 5.61. The smallest absolute Gasteiger partial charge is 0.262 e. The molecule has 0 unspecified atom stereocenters. The van der Waals surface area contributed by atoms with Crippen molar-refractivity contribution in [1.29, 1.82) is 0 Å². The fraction of sp³-hybridized carbons (Fsp3) is 0.318. The number of hydrogen-bond acceptors (Lipinski definition) is 7. The van der Waals surface area contributed by atoms with Crippen molar-refractivity contribution < 1.29 is 17.9 Å². The van der Waals surface area contributed by atoms with E-state index >= 15 is 0 Å². The van der Waals surface area contributed by atoms with Crippen molar-refractivity contribution >= 4 is 44.3 Å². The first-order chi connectivity index (χ1) is 15.7. The van der Waals surface area contributed by atoms with Gasteiger partial charge in [-0.05, 0) is 50.7 Å². The molecule has 2 N–H and O–H groups in total. The van der Waals surface area contributed by atoms with Crippen LogP contribution in [0.4, 0.5) is 5.69 Å². The van der Waals surface area contributed by atoms with E-state index in [4.69, 9.17) is 4.74 Å². The lowest BCUT2D eigenvalue weighted by molar-refractivity contribution is -0.113. The number of nitrogens with one attached hydrogen (secondary N) is 2. The molecule has 0 fully saturated rings. The number of ether oxygens (including phenoxy) is 1. The van der Waals surface area contributed by atoms with Crippen molar-refractivity contribution in [3.63, 3.8) is 0 Å². The lowest BCUT2D eigenvalue weighted by atomic mass is 10.2. The Balaban J connectivity index is 1.84. The molecule has 3 rings (SSSR count). The summed E-state index contributed by atoms with van der Waals surface area (Å²) in [5, 5.41) is 3.61. The summed E-state index contributed by atoms with van der Waals surface area (Å²) in [4.78, 5) is 30.4. The fourth-order valence-corrected chi connectivity index (χ4v) is 5.23. The Kier molecular flexibility index (Phi) is 7.90. The van der Waals surface area contributed by atoms with Crippen molar-refractivity contribution in [2.75, 3.05) is 31.8 Å². The van der Waals surface area contributed by atoms with E-state index in [2.05, 4.69) is 15.0 Å². The van der Waals surface area contributed by atoms with Crippen LogP contribution in [0.2, 0.25) is 0 Å². The number of para-hydroxylation sites is 1. The SMILES string of the molecule is CNS(=O)(=O)c1cc(NC(=O)CSc2nc3ccccc3c(=O)n2[C@H](C)COC)ccc1C. The molecule has 0 radical (unpaired) electrons. The van der Waals surface area contributed by atoms with Crippen LogP contribution in [-0.2, 0) is 19.6 Å². The predicted molar refractivity (Wildman–Crippen MR) is 129 cm³/mol. The topological polar surface area (TPSA) is 119 Å². The minimum absolute atomic E-state index is 0.0214. The van der Waals surface area contributed by atoms with Gasteiger partial charge in [-0.3, -0.25) is 14.2 Å². The summed E-state index contributed by atoms with van der Waals surface area (Å²) < 4.78 is 33.4. The van der Waals surface area contributed by atoms with E-state index in [0.717, 1.165) is 11.8 Å². The quantitative estimate of drug-likeness (QED) is 0.349. The average molecular weight is 491 g/mol. The maximum absolute atomic E-state index is 13.1. The standard InChI is InChI=1S/C22H26N4O5S2/c1-14-9-10-16(11-19(14)33(29,30)23-3)24-20(27)13-32-22-25-18-8-6-5-7-17(18)21(28)26(22)15(2)12-31-4/h5-11,15,23H,12-13H2,1-4H3,(H,24,27)/t15-/m1/s1. The first-order valence-corrected chi connectivity index (χ1v) is 12.6. The number of benzene rings is 2. The normalized spacial score (nSPS) is 12.6. The lowest BCUT2D eigenvalue weighted by Gasteiger charge is -2.18. The van der Waals surface area contributed by atoms with Crippen molar-refractivity contribution in [3.05, 3.63) is 58.4 Å². The highest BCUT2D eigenvalue weighted by Crippen LogP contribution is 2.23. The zero-order valence-electron chi connectivity index (χ0n) is 18.8. The zero-order valence-corrected chi connectivity index (χ0v) is 20.4. The molecular weight excluding hydrogens is 464 g/mol. The van der Waals surface area contributed by atoms with Crippen LogP contribution < -0.4 is 15.6 Å². The molecule has 1 heterocycles. The van der Waals surface area contributed by atoms with Gasteiger partial charge in [0.1, 0.15) is 0 Å². The number of aryl methyl sites for hydroxylation is 1. The van der Waals surface area contributed by atoms with Crippen molar-refractivity contribution in [2.45, 2.75) is 29.9 Å². The number of carbonyl (C=O) groups is 1. The van der Waals surface area contributed by atoms with E-state index in [0.29, 0.717) is 33.9 Å². The summed E-state index contributed by atoms with van der Waals surface area (Å²) in [5.74, 6) is -0.378. The largest absolute Gasteiger partial charge is 0.383 e. The van der Waals surface area contributed by atoms with Crippen LogP contribution in [0, 0.1) is 6.92 Å². The van der Waals surface area contributed by atoms with E-state index in [-0.39, 0.29) is 28.2 Å². The maximum atomic E-state index is 13.1. The number of amides is 1. The molecule has 11 heteroatoms. The summed E-state index contributed by atoms with van der Waals surface area (Å²) >= 11 is 1.13. The predicted octanol–water partition coefficient (Wildman–Crippen LogP) is 2.55. The molecule has 1 aromatic heterocycles. The number of rotatable bonds is 9. The van der Waals surface area contributed by atoms with Crippen molar-refractivity contribution in [3.8, 4) is 0 Å². The molecule has 0 aliphatic carbocycles. The third-order valence-electron chi connectivity index (χ3n) is 4.99. The number of sulfonamides is 1. The Morgan fingerprint density at radius 3 is 2.67 bits per heavy atom. The molecule has 0 saturated carbocycles. The summed E-state index contributed by atoms with van der Waals surface area (Å²) in [6.45, 7) is 3.84. The first kappa shape index (κ1) is 24.9. The van der Waals surface area contributed by atoms with Gasteiger partial charge in [0, 0.05) is 12.8 Å². The molecule has 0 spiro atoms. The van der Waals surface area contributed by atoms with Crippen LogP contribution >= 0.6 is 11.8 Å². The molecule has 0 aliphatic heterocycles. The van der Waals surface area contributed by atoms with Gasteiger partial charge in [-0.15, -0.1) is 0 Å². The van der Waals surface area contributed by atoms with Gasteiger partial charge >= 0.3 is 0 Å². The van der Waals surface area contributed by atoms with E-state index in [1.807, 2.05) is 6.92 Å². The number of thioether (sulfide) groups is 1. The molecule has 3 aromatic rings. The molecule has 1 atom stereocenters. The molecule has 9 nitrogen and oxygen atoms in total. The zero-order chi connectivity index (χ0) is 24.2. The second kappa shape index (κ2) is 10.5. The summed E-state index contributed by atoms with van der Waals surface area (Å²) in [5.41, 5.74) is 1.27. The maximum Gasteiger partial charge on any atom is 0.262 e. The molecule has 176 valence electrons. The molecule has 2 aromatic carbocycles. The Hall–Kier alpha value is -2.73. The van der Waals surface area contributed by atoms with Gasteiger partial charge < -0.3 is 10.1 Å². The Bertz CT molecular complexity index is 1340. The van der Waals surface area contributed by atoms with E-state index in [9.17, 15) is 18.0 Å². The molecule has 33 heavy (non-hydrogen) atoms. The lowest BCUT2D eigenvalue weighted by Crippen LogP contribution is -2.29. The number of anilines is 1. The minimum atomic E-state index is -3.66. The van der Waals surface area contributed by atoms with Gasteiger partial charge in [0.2, 0.25) is 15.9 Å². The molecule has 1 amide bonds. The molecule has 0 bridgehead atoms. The van der Waals surface area contributed by atoms with Crippen molar-refractivity contribution in [2.24, 2.45) is 0 Å². The van der Waals surface area contributed by atoms with Crippen molar-refractivity contribution in [1.82, 2.24) is 14.3 Å². The van der Waals surface area contributed by atoms with Gasteiger partial charge in [0.25, 0.3) is 5.56 Å². The van der Waals surface area contributed by atoms with E-state index in [1.54, 1.807) is 50.4 Å². The van der Waals surface area contributed by atoms with E-state index in [1.165, 1.54) is 17.7 Å². The fourth-order valence-electron chi connectivity index (χ4n) is 3.34. The van der Waals surface area contributed by atoms with Gasteiger partial charge in [-0.2, -0.15) is 0 Å². The highest BCUT2D eigenvalue weighted by atomic mass is 32.2. The highest BCUT2D eigenvalue weighted by Gasteiger charge is 2.19. The molecule has 0 saturated heterocycles. The molecule has 0 aliphatic rings. The number of fused-ring (bicyclic) bond motifs is 1. The van der Waals surface area contributed by atoms with Crippen LogP contribution in [0.3, 0.4) is 0 Å². The Morgan fingerprint density at radius 2 is 1.97 bits per heavy atom. The number of methoxy groups -OCH3 is 1. The van der Waals surface area contributed by atoms with Crippen LogP contribution in [0.1, 0.15) is 18.5 Å². The molecular formula is C22H26N4O5S2. The monoisotopic (exact) mass is 490 g/mol. The number of hydrogen-bond donors (Lipinski definition) is 2. The van der Waals surface area contributed by atoms with Crippen LogP contribution in [0.5, 0.6) is 0 Å². The van der Waals surface area contributed by atoms with Crippen LogP contribution in [0.15, 0.2) is 57.3 Å². The van der Waals surface area contributed by atoms with Gasteiger partial charge in [-0.25, -0.2) is 18.1 Å². The second-order valence-electron chi connectivity index (χ2n) is 7.42. The van der Waals surface area contributed by atoms with Crippen LogP contribution in [0.25, 0.3) is 10.9 Å². The van der Waals surface area contributed by atoms with E-state index < -0.39 is 10.0 Å². The van der Waals surface area contributed by atoms with Gasteiger partial charge in [-0.1, -0.05) is 30.0 Å². The Labute approximate surface area is 196 Å². The summed E-state index contributed by atoms with van der Waals surface area (Å²) in [6, 6.07) is 11.4. The number of nitrogens with zero attached hydrogens (tertiary/aromatic N) is 2. The number of carbonyl (C=O) groups excluding carboxylic acids is 1. The number of aromatic nitrogens is 2. The average Bonchev–Trinajstić information content (AvgIpc) is 2.79. The minimum Gasteiger partial charge on any atom is -0.383 e. The summed E-state index contributed by atoms with van der Waals surface area (Å²) in [7, 11) is -0.768.